The summed E-state index contributed by atoms with van der Waals surface area (Å²) >= 11 is 0. The molecule has 1 atom stereocenters. The maximum atomic E-state index is 12.3. The summed E-state index contributed by atoms with van der Waals surface area (Å²) in [5.74, 6) is 0.864. The van der Waals surface area contributed by atoms with E-state index in [1.54, 1.807) is 17.0 Å². The highest BCUT2D eigenvalue weighted by atomic mass is 16.5. The topological polar surface area (TPSA) is 56.1 Å². The first kappa shape index (κ1) is 15.0. The molecule has 0 radical (unpaired) electrons. The van der Waals surface area contributed by atoms with E-state index in [0.29, 0.717) is 12.5 Å². The van der Waals surface area contributed by atoms with E-state index in [-0.39, 0.29) is 17.0 Å². The van der Waals surface area contributed by atoms with Crippen molar-refractivity contribution in [2.45, 2.75) is 45.6 Å². The van der Waals surface area contributed by atoms with Crippen LogP contribution in [0.4, 0.5) is 0 Å². The van der Waals surface area contributed by atoms with Crippen molar-refractivity contribution in [1.82, 2.24) is 14.9 Å². The summed E-state index contributed by atoms with van der Waals surface area (Å²) in [7, 11) is 0. The SMILES string of the molecule is CC(C)(C)n1ccnc(OCCC2CCCNC2)c1=O. The number of aromatic nitrogens is 2. The van der Waals surface area contributed by atoms with E-state index in [0.717, 1.165) is 19.5 Å². The van der Waals surface area contributed by atoms with Crippen LogP contribution in [0.5, 0.6) is 5.88 Å². The van der Waals surface area contributed by atoms with Gasteiger partial charge in [0.05, 0.1) is 6.61 Å². The van der Waals surface area contributed by atoms with Crippen molar-refractivity contribution in [2.75, 3.05) is 19.7 Å². The number of hydrogen-bond donors (Lipinski definition) is 1. The van der Waals surface area contributed by atoms with Crippen LogP contribution in [0.3, 0.4) is 0 Å². The molecule has 1 aliphatic rings. The van der Waals surface area contributed by atoms with Gasteiger partial charge in [-0.2, -0.15) is 0 Å². The molecule has 0 amide bonds. The molecule has 1 aromatic rings. The predicted molar refractivity (Wildman–Crippen MR) is 79.2 cm³/mol. The third-order valence-electron chi connectivity index (χ3n) is 3.70. The molecule has 5 nitrogen and oxygen atoms in total. The molecule has 1 unspecified atom stereocenters. The number of hydrogen-bond acceptors (Lipinski definition) is 4. The van der Waals surface area contributed by atoms with Gasteiger partial charge >= 0.3 is 5.56 Å². The van der Waals surface area contributed by atoms with Crippen molar-refractivity contribution in [3.05, 3.63) is 22.7 Å². The fourth-order valence-corrected chi connectivity index (χ4v) is 2.51. The lowest BCUT2D eigenvalue weighted by Crippen LogP contribution is -2.35. The highest BCUT2D eigenvalue weighted by Gasteiger charge is 2.18. The second-order valence-electron chi connectivity index (χ2n) is 6.43. The Morgan fingerprint density at radius 1 is 1.50 bits per heavy atom. The van der Waals surface area contributed by atoms with E-state index >= 15 is 0 Å². The first-order valence-electron chi connectivity index (χ1n) is 7.40. The minimum absolute atomic E-state index is 0.151. The van der Waals surface area contributed by atoms with Gasteiger partial charge < -0.3 is 14.6 Å². The molecule has 1 aliphatic heterocycles. The molecular weight excluding hydrogens is 254 g/mol. The first-order valence-corrected chi connectivity index (χ1v) is 7.40. The van der Waals surface area contributed by atoms with E-state index in [9.17, 15) is 4.79 Å². The van der Waals surface area contributed by atoms with Crippen LogP contribution in [0.25, 0.3) is 0 Å². The molecule has 5 heteroatoms. The molecule has 1 N–H and O–H groups in total. The Kier molecular flexibility index (Phi) is 4.81. The second kappa shape index (κ2) is 6.39. The van der Waals surface area contributed by atoms with Crippen molar-refractivity contribution >= 4 is 0 Å². The van der Waals surface area contributed by atoms with Crippen LogP contribution in [-0.4, -0.2) is 29.2 Å². The fourth-order valence-electron chi connectivity index (χ4n) is 2.51. The number of nitrogens with one attached hydrogen (secondary N) is 1. The van der Waals surface area contributed by atoms with Gasteiger partial charge in [0.2, 0.25) is 0 Å². The van der Waals surface area contributed by atoms with Gasteiger partial charge in [-0.1, -0.05) is 0 Å². The molecule has 2 rings (SSSR count). The Balaban J connectivity index is 1.94. The van der Waals surface area contributed by atoms with Crippen LogP contribution in [0, 0.1) is 5.92 Å². The fraction of sp³-hybridized carbons (Fsp3) is 0.733. The highest BCUT2D eigenvalue weighted by molar-refractivity contribution is 5.06. The largest absolute Gasteiger partial charge is 0.474 e. The normalized spacial score (nSPS) is 19.9. The van der Waals surface area contributed by atoms with Crippen LogP contribution in [-0.2, 0) is 5.54 Å². The smallest absolute Gasteiger partial charge is 0.313 e. The lowest BCUT2D eigenvalue weighted by molar-refractivity contribution is 0.239. The van der Waals surface area contributed by atoms with Crippen molar-refractivity contribution in [3.8, 4) is 5.88 Å². The molecule has 0 aliphatic carbocycles. The molecule has 1 fully saturated rings. The van der Waals surface area contributed by atoms with Gasteiger partial charge in [0.15, 0.2) is 0 Å². The number of piperidine rings is 1. The van der Waals surface area contributed by atoms with Gasteiger partial charge in [-0.25, -0.2) is 4.98 Å². The summed E-state index contributed by atoms with van der Waals surface area (Å²) in [4.78, 5) is 16.3. The molecule has 0 saturated carbocycles. The predicted octanol–water partition coefficient (Wildman–Crippen LogP) is 1.77. The number of nitrogens with zero attached hydrogens (tertiary/aromatic N) is 2. The van der Waals surface area contributed by atoms with Crippen molar-refractivity contribution < 1.29 is 4.74 Å². The molecule has 112 valence electrons. The Morgan fingerprint density at radius 3 is 2.95 bits per heavy atom. The molecule has 2 heterocycles. The molecule has 0 spiro atoms. The van der Waals surface area contributed by atoms with Crippen LogP contribution in [0.2, 0.25) is 0 Å². The minimum atomic E-state index is -0.259. The molecule has 0 bridgehead atoms. The summed E-state index contributed by atoms with van der Waals surface area (Å²) < 4.78 is 7.27. The van der Waals surface area contributed by atoms with Crippen molar-refractivity contribution in [1.29, 1.82) is 0 Å². The quantitative estimate of drug-likeness (QED) is 0.912. The second-order valence-corrected chi connectivity index (χ2v) is 6.43. The Labute approximate surface area is 120 Å². The first-order chi connectivity index (χ1) is 9.48. The van der Waals surface area contributed by atoms with Gasteiger partial charge in [0.1, 0.15) is 0 Å². The zero-order chi connectivity index (χ0) is 14.6. The minimum Gasteiger partial charge on any atom is -0.474 e. The van der Waals surface area contributed by atoms with Crippen LogP contribution >= 0.6 is 0 Å². The van der Waals surface area contributed by atoms with Crippen molar-refractivity contribution in [3.63, 3.8) is 0 Å². The van der Waals surface area contributed by atoms with E-state index < -0.39 is 0 Å². The Bertz CT molecular complexity index is 485. The van der Waals surface area contributed by atoms with E-state index in [1.165, 1.54) is 12.8 Å². The van der Waals surface area contributed by atoms with E-state index in [4.69, 9.17) is 4.74 Å². The van der Waals surface area contributed by atoms with Crippen LogP contribution in [0.15, 0.2) is 17.2 Å². The van der Waals surface area contributed by atoms with E-state index in [2.05, 4.69) is 10.3 Å². The summed E-state index contributed by atoms with van der Waals surface area (Å²) in [6.45, 7) is 8.71. The molecule has 0 aromatic carbocycles. The Morgan fingerprint density at radius 2 is 2.30 bits per heavy atom. The number of rotatable bonds is 4. The van der Waals surface area contributed by atoms with Crippen LogP contribution in [0.1, 0.15) is 40.0 Å². The van der Waals surface area contributed by atoms with E-state index in [1.807, 2.05) is 20.8 Å². The standard InChI is InChI=1S/C15H25N3O2/c1-15(2,3)18-9-8-17-13(14(18)19)20-10-6-12-5-4-7-16-11-12/h8-9,12,16H,4-7,10-11H2,1-3H3. The van der Waals surface area contributed by atoms with Crippen LogP contribution < -0.4 is 15.6 Å². The zero-order valence-corrected chi connectivity index (χ0v) is 12.7. The summed E-state index contributed by atoms with van der Waals surface area (Å²) in [6, 6.07) is 0. The summed E-state index contributed by atoms with van der Waals surface area (Å²) in [6.07, 6.45) is 6.78. The average molecular weight is 279 g/mol. The zero-order valence-electron chi connectivity index (χ0n) is 12.7. The van der Waals surface area contributed by atoms with Gasteiger partial charge in [-0.3, -0.25) is 4.79 Å². The lowest BCUT2D eigenvalue weighted by atomic mass is 9.97. The lowest BCUT2D eigenvalue weighted by Gasteiger charge is -2.23. The van der Waals surface area contributed by atoms with Gasteiger partial charge in [0, 0.05) is 17.9 Å². The average Bonchev–Trinajstić information content (AvgIpc) is 2.40. The maximum Gasteiger partial charge on any atom is 0.313 e. The van der Waals surface area contributed by atoms with Crippen molar-refractivity contribution in [2.24, 2.45) is 5.92 Å². The van der Waals surface area contributed by atoms with Gasteiger partial charge in [-0.15, -0.1) is 0 Å². The molecule has 20 heavy (non-hydrogen) atoms. The monoisotopic (exact) mass is 279 g/mol. The third-order valence-corrected chi connectivity index (χ3v) is 3.70. The molecule has 1 saturated heterocycles. The van der Waals surface area contributed by atoms with Gasteiger partial charge in [0.25, 0.3) is 5.88 Å². The van der Waals surface area contributed by atoms with Gasteiger partial charge in [-0.05, 0) is 59.0 Å². The summed E-state index contributed by atoms with van der Waals surface area (Å²) in [5, 5.41) is 3.39. The summed E-state index contributed by atoms with van der Waals surface area (Å²) in [5.41, 5.74) is -0.410. The Hall–Kier alpha value is -1.36. The number of ether oxygens (including phenoxy) is 1. The third kappa shape index (κ3) is 3.82. The molecular formula is C15H25N3O2. The highest BCUT2D eigenvalue weighted by Crippen LogP contribution is 2.15. The maximum absolute atomic E-state index is 12.3. The molecule has 1 aromatic heterocycles.